The van der Waals surface area contributed by atoms with E-state index in [2.05, 4.69) is 41.5 Å². The van der Waals surface area contributed by atoms with Gasteiger partial charge in [0.25, 0.3) is 0 Å². The van der Waals surface area contributed by atoms with Crippen LogP contribution in [0.4, 0.5) is 0 Å². The molecule has 114 valence electrons. The van der Waals surface area contributed by atoms with Gasteiger partial charge >= 0.3 is 0 Å². The van der Waals surface area contributed by atoms with E-state index >= 15 is 0 Å². The third-order valence-electron chi connectivity index (χ3n) is 5.70. The predicted octanol–water partition coefficient (Wildman–Crippen LogP) is 4.12. The quantitative estimate of drug-likeness (QED) is 0.787. The summed E-state index contributed by atoms with van der Waals surface area (Å²) in [6.45, 7) is 13.7. The third kappa shape index (κ3) is 4.19. The van der Waals surface area contributed by atoms with Gasteiger partial charge in [-0.25, -0.2) is 0 Å². The van der Waals surface area contributed by atoms with Crippen molar-refractivity contribution >= 4 is 0 Å². The maximum absolute atomic E-state index is 9.30. The molecule has 1 N–H and O–H groups in total. The Morgan fingerprint density at radius 1 is 1.16 bits per heavy atom. The van der Waals surface area contributed by atoms with Gasteiger partial charge in [-0.15, -0.1) is 0 Å². The molecule has 7 unspecified atom stereocenters. The highest BCUT2D eigenvalue weighted by Gasteiger charge is 2.36. The first kappa shape index (κ1) is 17.0. The molecule has 0 aliphatic heterocycles. The zero-order valence-corrected chi connectivity index (χ0v) is 13.7. The van der Waals surface area contributed by atoms with E-state index in [0.717, 1.165) is 5.92 Å². The van der Waals surface area contributed by atoms with Crippen LogP contribution in [0.25, 0.3) is 0 Å². The maximum Gasteiger partial charge on any atom is 0.0634 e. The van der Waals surface area contributed by atoms with Crippen LogP contribution in [0.5, 0.6) is 0 Å². The summed E-state index contributed by atoms with van der Waals surface area (Å²) in [6, 6.07) is 0. The van der Waals surface area contributed by atoms with Crippen molar-refractivity contribution in [1.29, 1.82) is 0 Å². The average Bonchev–Trinajstić information content (AvgIpc) is 2.42. The monoisotopic (exact) mass is 270 g/mol. The Kier molecular flexibility index (Phi) is 6.82. The van der Waals surface area contributed by atoms with Crippen molar-refractivity contribution in [1.82, 2.24) is 0 Å². The van der Waals surface area contributed by atoms with Crippen molar-refractivity contribution in [3.63, 3.8) is 0 Å². The number of aliphatic hydroxyl groups excluding tert-OH is 1. The first-order valence-electron chi connectivity index (χ1n) is 8.18. The molecule has 2 nitrogen and oxygen atoms in total. The molecule has 0 aromatic heterocycles. The Morgan fingerprint density at radius 2 is 1.79 bits per heavy atom. The van der Waals surface area contributed by atoms with Crippen LogP contribution in [0.15, 0.2) is 0 Å². The number of rotatable bonds is 6. The van der Waals surface area contributed by atoms with Crippen LogP contribution in [0.3, 0.4) is 0 Å². The van der Waals surface area contributed by atoms with Crippen LogP contribution in [0.1, 0.15) is 60.8 Å². The largest absolute Gasteiger partial charge is 0.396 e. The van der Waals surface area contributed by atoms with Crippen molar-refractivity contribution in [2.75, 3.05) is 6.61 Å². The Bertz CT molecular complexity index is 252. The standard InChI is InChI=1S/C17H34O2/c1-7-16-9-8-11(2)14(5)17(16)19-15(6)13(4)12(3)10-18/h11-18H,7-10H2,1-6H3. The molecular formula is C17H34O2. The molecule has 0 saturated heterocycles. The summed E-state index contributed by atoms with van der Waals surface area (Å²) < 4.78 is 6.45. The van der Waals surface area contributed by atoms with Gasteiger partial charge in [-0.1, -0.05) is 47.5 Å². The molecule has 0 radical (unpaired) electrons. The lowest BCUT2D eigenvalue weighted by atomic mass is 9.72. The summed E-state index contributed by atoms with van der Waals surface area (Å²) >= 11 is 0. The Hall–Kier alpha value is -0.0800. The molecule has 1 saturated carbocycles. The predicted molar refractivity (Wildman–Crippen MR) is 81.1 cm³/mol. The zero-order valence-electron chi connectivity index (χ0n) is 13.7. The Morgan fingerprint density at radius 3 is 2.32 bits per heavy atom. The van der Waals surface area contributed by atoms with Crippen LogP contribution in [0, 0.1) is 29.6 Å². The van der Waals surface area contributed by atoms with E-state index in [1.54, 1.807) is 0 Å². The van der Waals surface area contributed by atoms with Gasteiger partial charge in [0.15, 0.2) is 0 Å². The van der Waals surface area contributed by atoms with E-state index in [0.29, 0.717) is 29.8 Å². The first-order chi connectivity index (χ1) is 8.92. The fourth-order valence-corrected chi connectivity index (χ4v) is 3.33. The van der Waals surface area contributed by atoms with Crippen molar-refractivity contribution in [3.05, 3.63) is 0 Å². The van der Waals surface area contributed by atoms with Crippen molar-refractivity contribution in [2.24, 2.45) is 29.6 Å². The van der Waals surface area contributed by atoms with Gasteiger partial charge in [-0.3, -0.25) is 0 Å². The van der Waals surface area contributed by atoms with Gasteiger partial charge in [-0.2, -0.15) is 0 Å². The fraction of sp³-hybridized carbons (Fsp3) is 1.00. The molecule has 1 aliphatic carbocycles. The molecule has 1 fully saturated rings. The molecule has 19 heavy (non-hydrogen) atoms. The lowest BCUT2D eigenvalue weighted by Crippen LogP contribution is -2.42. The second-order valence-electron chi connectivity index (χ2n) is 6.91. The summed E-state index contributed by atoms with van der Waals surface area (Å²) in [5.74, 6) is 2.85. The second-order valence-corrected chi connectivity index (χ2v) is 6.91. The lowest BCUT2D eigenvalue weighted by molar-refractivity contribution is -0.117. The van der Waals surface area contributed by atoms with E-state index in [9.17, 15) is 5.11 Å². The van der Waals surface area contributed by atoms with Crippen molar-refractivity contribution in [3.8, 4) is 0 Å². The normalized spacial score (nSPS) is 36.8. The minimum absolute atomic E-state index is 0.231. The van der Waals surface area contributed by atoms with Gasteiger partial charge in [0, 0.05) is 6.61 Å². The first-order valence-corrected chi connectivity index (χ1v) is 8.18. The molecule has 0 aromatic rings. The van der Waals surface area contributed by atoms with Gasteiger partial charge in [0.05, 0.1) is 12.2 Å². The molecular weight excluding hydrogens is 236 g/mol. The highest BCUT2D eigenvalue weighted by molar-refractivity contribution is 4.85. The highest BCUT2D eigenvalue weighted by Crippen LogP contribution is 2.38. The molecule has 0 bridgehead atoms. The number of aliphatic hydroxyl groups is 1. The summed E-state index contributed by atoms with van der Waals surface area (Å²) in [7, 11) is 0. The van der Waals surface area contributed by atoms with Crippen LogP contribution < -0.4 is 0 Å². The van der Waals surface area contributed by atoms with Crippen LogP contribution in [0.2, 0.25) is 0 Å². The average molecular weight is 270 g/mol. The van der Waals surface area contributed by atoms with Crippen LogP contribution in [-0.4, -0.2) is 23.9 Å². The number of ether oxygens (including phenoxy) is 1. The smallest absolute Gasteiger partial charge is 0.0634 e. The van der Waals surface area contributed by atoms with E-state index < -0.39 is 0 Å². The minimum Gasteiger partial charge on any atom is -0.396 e. The topological polar surface area (TPSA) is 29.5 Å². The zero-order chi connectivity index (χ0) is 14.6. The van der Waals surface area contributed by atoms with Gasteiger partial charge in [0.2, 0.25) is 0 Å². The molecule has 0 amide bonds. The third-order valence-corrected chi connectivity index (χ3v) is 5.70. The summed E-state index contributed by atoms with van der Waals surface area (Å²) in [5, 5.41) is 9.30. The molecule has 1 aliphatic rings. The number of hydrogen-bond donors (Lipinski definition) is 1. The Labute approximate surface area is 119 Å². The van der Waals surface area contributed by atoms with E-state index in [1.807, 2.05) is 0 Å². The van der Waals surface area contributed by atoms with Crippen LogP contribution >= 0.6 is 0 Å². The molecule has 2 heteroatoms. The SMILES string of the molecule is CCC1CCC(C)C(C)C1OC(C)C(C)C(C)CO. The summed E-state index contributed by atoms with van der Waals surface area (Å²) in [5.41, 5.74) is 0. The molecule has 7 atom stereocenters. The van der Waals surface area contributed by atoms with Gasteiger partial charge in [0.1, 0.15) is 0 Å². The lowest BCUT2D eigenvalue weighted by Gasteiger charge is -2.42. The Balaban J connectivity index is 2.65. The molecule has 0 spiro atoms. The van der Waals surface area contributed by atoms with Crippen molar-refractivity contribution in [2.45, 2.75) is 73.0 Å². The summed E-state index contributed by atoms with van der Waals surface area (Å²) in [6.07, 6.45) is 4.50. The van der Waals surface area contributed by atoms with Gasteiger partial charge < -0.3 is 9.84 Å². The minimum atomic E-state index is 0.231. The van der Waals surface area contributed by atoms with E-state index in [4.69, 9.17) is 4.74 Å². The molecule has 0 aromatic carbocycles. The van der Waals surface area contributed by atoms with Gasteiger partial charge in [-0.05, 0) is 42.9 Å². The van der Waals surface area contributed by atoms with E-state index in [-0.39, 0.29) is 12.7 Å². The van der Waals surface area contributed by atoms with Crippen molar-refractivity contribution < 1.29 is 9.84 Å². The molecule has 1 rings (SSSR count). The number of hydrogen-bond acceptors (Lipinski definition) is 2. The maximum atomic E-state index is 9.30. The summed E-state index contributed by atoms with van der Waals surface area (Å²) in [4.78, 5) is 0. The van der Waals surface area contributed by atoms with E-state index in [1.165, 1.54) is 19.3 Å². The fourth-order valence-electron chi connectivity index (χ4n) is 3.33. The van der Waals surface area contributed by atoms with Crippen LogP contribution in [-0.2, 0) is 4.74 Å². The molecule has 0 heterocycles. The highest BCUT2D eigenvalue weighted by atomic mass is 16.5. The second kappa shape index (κ2) is 7.64.